The van der Waals surface area contributed by atoms with Crippen LogP contribution < -0.4 is 10.6 Å². The monoisotopic (exact) mass is 339 g/mol. The van der Waals surface area contributed by atoms with Crippen molar-refractivity contribution in [2.24, 2.45) is 0 Å². The van der Waals surface area contributed by atoms with E-state index >= 15 is 0 Å². The van der Waals surface area contributed by atoms with E-state index in [-0.39, 0.29) is 18.4 Å². The first-order chi connectivity index (χ1) is 12.0. The van der Waals surface area contributed by atoms with E-state index in [0.717, 1.165) is 11.3 Å². The second kappa shape index (κ2) is 8.87. The number of nitrogens with one attached hydrogen (secondary N) is 2. The van der Waals surface area contributed by atoms with Crippen LogP contribution >= 0.6 is 0 Å². The molecule has 0 unspecified atom stereocenters. The molecular weight excluding hydrogens is 314 g/mol. The number of aryl methyl sites for hydroxylation is 1. The van der Waals surface area contributed by atoms with E-state index in [1.54, 1.807) is 29.2 Å². The average molecular weight is 339 g/mol. The predicted molar refractivity (Wildman–Crippen MR) is 102 cm³/mol. The molecular formula is C20H25N3O2. The van der Waals surface area contributed by atoms with Gasteiger partial charge in [0, 0.05) is 30.0 Å². The van der Waals surface area contributed by atoms with Crippen molar-refractivity contribution in [1.29, 1.82) is 0 Å². The first-order valence-corrected chi connectivity index (χ1v) is 8.53. The van der Waals surface area contributed by atoms with Crippen LogP contribution in [-0.4, -0.2) is 36.3 Å². The minimum absolute atomic E-state index is 0.00379. The molecule has 2 N–H and O–H groups in total. The fourth-order valence-corrected chi connectivity index (χ4v) is 2.54. The van der Waals surface area contributed by atoms with Gasteiger partial charge in [0.1, 0.15) is 0 Å². The van der Waals surface area contributed by atoms with Gasteiger partial charge in [-0.05, 0) is 56.7 Å². The Morgan fingerprint density at radius 3 is 2.20 bits per heavy atom. The molecule has 5 heteroatoms. The van der Waals surface area contributed by atoms with Gasteiger partial charge in [-0.2, -0.15) is 0 Å². The van der Waals surface area contributed by atoms with Crippen LogP contribution in [0.1, 0.15) is 29.8 Å². The van der Waals surface area contributed by atoms with E-state index in [1.165, 1.54) is 0 Å². The van der Waals surface area contributed by atoms with Gasteiger partial charge in [-0.25, -0.2) is 0 Å². The Morgan fingerprint density at radius 1 is 0.960 bits per heavy atom. The minimum atomic E-state index is -0.133. The van der Waals surface area contributed by atoms with Crippen molar-refractivity contribution in [2.75, 3.05) is 30.3 Å². The molecule has 0 bridgehead atoms. The van der Waals surface area contributed by atoms with Crippen LogP contribution in [0.25, 0.3) is 0 Å². The van der Waals surface area contributed by atoms with Crippen LogP contribution in [0.15, 0.2) is 48.5 Å². The molecule has 0 heterocycles. The normalized spacial score (nSPS) is 10.2. The summed E-state index contributed by atoms with van der Waals surface area (Å²) in [5, 5.41) is 5.95. The van der Waals surface area contributed by atoms with E-state index in [2.05, 4.69) is 10.6 Å². The van der Waals surface area contributed by atoms with E-state index in [4.69, 9.17) is 0 Å². The molecule has 0 atom stereocenters. The summed E-state index contributed by atoms with van der Waals surface area (Å²) >= 11 is 0. The lowest BCUT2D eigenvalue weighted by molar-refractivity contribution is -0.114. The molecule has 0 aliphatic rings. The van der Waals surface area contributed by atoms with Gasteiger partial charge in [0.2, 0.25) is 5.91 Å². The molecule has 0 aliphatic heterocycles. The van der Waals surface area contributed by atoms with Crippen molar-refractivity contribution in [1.82, 2.24) is 4.90 Å². The number of para-hydroxylation sites is 1. The maximum atomic E-state index is 12.3. The SMILES string of the molecule is CCN(CC)C(=O)c1ccc(NC(=O)CNc2ccccc2C)cc1. The highest BCUT2D eigenvalue weighted by molar-refractivity contribution is 5.96. The molecule has 25 heavy (non-hydrogen) atoms. The van der Waals surface area contributed by atoms with Gasteiger partial charge in [0.25, 0.3) is 5.91 Å². The number of amides is 2. The molecule has 0 saturated heterocycles. The summed E-state index contributed by atoms with van der Waals surface area (Å²) in [6, 6.07) is 14.8. The van der Waals surface area contributed by atoms with E-state index in [1.807, 2.05) is 45.0 Å². The number of anilines is 2. The highest BCUT2D eigenvalue weighted by atomic mass is 16.2. The van der Waals surface area contributed by atoms with Gasteiger partial charge < -0.3 is 15.5 Å². The number of nitrogens with zero attached hydrogens (tertiary/aromatic N) is 1. The molecule has 0 aromatic heterocycles. The average Bonchev–Trinajstić information content (AvgIpc) is 2.62. The zero-order valence-electron chi connectivity index (χ0n) is 15.0. The first kappa shape index (κ1) is 18.5. The summed E-state index contributed by atoms with van der Waals surface area (Å²) in [7, 11) is 0. The molecule has 2 rings (SSSR count). The molecule has 2 aromatic rings. The van der Waals surface area contributed by atoms with Gasteiger partial charge in [-0.15, -0.1) is 0 Å². The zero-order chi connectivity index (χ0) is 18.2. The molecule has 132 valence electrons. The minimum Gasteiger partial charge on any atom is -0.376 e. The topological polar surface area (TPSA) is 61.4 Å². The molecule has 2 aromatic carbocycles. The Balaban J connectivity index is 1.91. The predicted octanol–water partition coefficient (Wildman–Crippen LogP) is 3.53. The first-order valence-electron chi connectivity index (χ1n) is 8.53. The van der Waals surface area contributed by atoms with Crippen LogP contribution in [0.3, 0.4) is 0 Å². The number of hydrogen-bond donors (Lipinski definition) is 2. The summed E-state index contributed by atoms with van der Waals surface area (Å²) in [6.07, 6.45) is 0. The summed E-state index contributed by atoms with van der Waals surface area (Å²) in [6.45, 7) is 7.45. The van der Waals surface area contributed by atoms with Crippen molar-refractivity contribution >= 4 is 23.2 Å². The lowest BCUT2D eigenvalue weighted by atomic mass is 10.1. The smallest absolute Gasteiger partial charge is 0.253 e. The molecule has 5 nitrogen and oxygen atoms in total. The van der Waals surface area contributed by atoms with Gasteiger partial charge in [0.15, 0.2) is 0 Å². The van der Waals surface area contributed by atoms with Crippen LogP contribution in [0, 0.1) is 6.92 Å². The highest BCUT2D eigenvalue weighted by Crippen LogP contribution is 2.14. The molecule has 0 spiro atoms. The molecule has 0 fully saturated rings. The fraction of sp³-hybridized carbons (Fsp3) is 0.300. The van der Waals surface area contributed by atoms with Crippen LogP contribution in [-0.2, 0) is 4.79 Å². The number of carbonyl (C=O) groups is 2. The lowest BCUT2D eigenvalue weighted by Crippen LogP contribution is -2.30. The summed E-state index contributed by atoms with van der Waals surface area (Å²) in [5.74, 6) is -0.129. The third-order valence-corrected chi connectivity index (χ3v) is 4.05. The van der Waals surface area contributed by atoms with E-state index in [0.29, 0.717) is 24.3 Å². The van der Waals surface area contributed by atoms with Crippen molar-refractivity contribution in [2.45, 2.75) is 20.8 Å². The van der Waals surface area contributed by atoms with Crippen LogP contribution in [0.4, 0.5) is 11.4 Å². The van der Waals surface area contributed by atoms with Gasteiger partial charge in [-0.3, -0.25) is 9.59 Å². The van der Waals surface area contributed by atoms with Crippen LogP contribution in [0.2, 0.25) is 0 Å². The molecule has 0 radical (unpaired) electrons. The Morgan fingerprint density at radius 2 is 1.60 bits per heavy atom. The number of benzene rings is 2. The lowest BCUT2D eigenvalue weighted by Gasteiger charge is -2.18. The number of hydrogen-bond acceptors (Lipinski definition) is 3. The Hall–Kier alpha value is -2.82. The van der Waals surface area contributed by atoms with Crippen molar-refractivity contribution in [3.63, 3.8) is 0 Å². The third-order valence-electron chi connectivity index (χ3n) is 4.05. The second-order valence-electron chi connectivity index (χ2n) is 5.77. The number of rotatable bonds is 7. The Labute approximate surface area is 149 Å². The van der Waals surface area contributed by atoms with Gasteiger partial charge in [0.05, 0.1) is 6.54 Å². The largest absolute Gasteiger partial charge is 0.376 e. The maximum absolute atomic E-state index is 12.3. The number of carbonyl (C=O) groups excluding carboxylic acids is 2. The van der Waals surface area contributed by atoms with Crippen molar-refractivity contribution in [3.8, 4) is 0 Å². The van der Waals surface area contributed by atoms with Crippen molar-refractivity contribution in [3.05, 3.63) is 59.7 Å². The maximum Gasteiger partial charge on any atom is 0.253 e. The van der Waals surface area contributed by atoms with Gasteiger partial charge in [-0.1, -0.05) is 18.2 Å². The van der Waals surface area contributed by atoms with E-state index in [9.17, 15) is 9.59 Å². The van der Waals surface area contributed by atoms with Crippen LogP contribution in [0.5, 0.6) is 0 Å². The molecule has 0 aliphatic carbocycles. The summed E-state index contributed by atoms with van der Waals surface area (Å²) < 4.78 is 0. The standard InChI is InChI=1S/C20H25N3O2/c1-4-23(5-2)20(25)16-10-12-17(13-11-16)22-19(24)14-21-18-9-7-6-8-15(18)3/h6-13,21H,4-5,14H2,1-3H3,(H,22,24). The third kappa shape index (κ3) is 5.08. The summed E-state index contributed by atoms with van der Waals surface area (Å²) in [5.41, 5.74) is 3.33. The van der Waals surface area contributed by atoms with Crippen molar-refractivity contribution < 1.29 is 9.59 Å². The van der Waals surface area contributed by atoms with Gasteiger partial charge >= 0.3 is 0 Å². The quantitative estimate of drug-likeness (QED) is 0.811. The van der Waals surface area contributed by atoms with E-state index < -0.39 is 0 Å². The molecule has 0 saturated carbocycles. The second-order valence-corrected chi connectivity index (χ2v) is 5.77. The Kier molecular flexibility index (Phi) is 6.57. The highest BCUT2D eigenvalue weighted by Gasteiger charge is 2.12. The molecule has 2 amide bonds. The fourth-order valence-electron chi connectivity index (χ4n) is 2.54. The Bertz CT molecular complexity index is 722. The summed E-state index contributed by atoms with van der Waals surface area (Å²) in [4.78, 5) is 26.1. The zero-order valence-corrected chi connectivity index (χ0v) is 15.0.